The lowest BCUT2D eigenvalue weighted by Gasteiger charge is -2.18. The van der Waals surface area contributed by atoms with Gasteiger partial charge in [-0.2, -0.15) is 0 Å². The van der Waals surface area contributed by atoms with E-state index in [4.69, 9.17) is 14.2 Å². The minimum absolute atomic E-state index is 0.0440. The molecule has 0 aromatic rings. The van der Waals surface area contributed by atoms with Crippen molar-refractivity contribution in [3.63, 3.8) is 0 Å². The molecule has 0 fully saturated rings. The smallest absolute Gasteiger partial charge is 0.306 e. The van der Waals surface area contributed by atoms with Gasteiger partial charge in [-0.15, -0.1) is 0 Å². The highest BCUT2D eigenvalue weighted by atomic mass is 16.6. The Labute approximate surface area is 333 Å². The third-order valence-corrected chi connectivity index (χ3v) is 8.90. The van der Waals surface area contributed by atoms with Crippen molar-refractivity contribution in [3.8, 4) is 0 Å². The van der Waals surface area contributed by atoms with E-state index in [0.717, 1.165) is 89.9 Å². The lowest BCUT2D eigenvalue weighted by Crippen LogP contribution is -2.30. The number of esters is 2. The molecule has 0 N–H and O–H groups in total. The van der Waals surface area contributed by atoms with Gasteiger partial charge in [0.2, 0.25) is 0 Å². The quantitative estimate of drug-likeness (QED) is 0.0356. The summed E-state index contributed by atoms with van der Waals surface area (Å²) in [7, 11) is 0. The number of carbonyl (C=O) groups excluding carboxylic acids is 2. The Morgan fingerprint density at radius 1 is 0.426 bits per heavy atom. The molecule has 1 atom stereocenters. The topological polar surface area (TPSA) is 61.8 Å². The van der Waals surface area contributed by atoms with Gasteiger partial charge in [-0.25, -0.2) is 0 Å². The first kappa shape index (κ1) is 51.1. The fourth-order valence-corrected chi connectivity index (χ4v) is 5.59. The monoisotopic (exact) mass is 751 g/mol. The van der Waals surface area contributed by atoms with Crippen LogP contribution in [0.15, 0.2) is 85.1 Å². The van der Waals surface area contributed by atoms with E-state index >= 15 is 0 Å². The second-order valence-corrected chi connectivity index (χ2v) is 14.2. The molecule has 0 radical (unpaired) electrons. The summed E-state index contributed by atoms with van der Waals surface area (Å²) in [6.07, 6.45) is 57.4. The van der Waals surface area contributed by atoms with E-state index in [9.17, 15) is 9.59 Å². The van der Waals surface area contributed by atoms with Crippen molar-refractivity contribution in [2.45, 2.75) is 194 Å². The van der Waals surface area contributed by atoms with E-state index in [1.165, 1.54) is 64.2 Å². The molecular formula is C49H82O5. The van der Waals surface area contributed by atoms with Gasteiger partial charge in [0.25, 0.3) is 0 Å². The molecule has 1 unspecified atom stereocenters. The third kappa shape index (κ3) is 41.8. The van der Waals surface area contributed by atoms with Crippen LogP contribution in [0.25, 0.3) is 0 Å². The molecule has 0 aromatic carbocycles. The molecule has 0 bridgehead atoms. The fourth-order valence-electron chi connectivity index (χ4n) is 5.59. The van der Waals surface area contributed by atoms with Gasteiger partial charge in [0.1, 0.15) is 6.61 Å². The summed E-state index contributed by atoms with van der Waals surface area (Å²) < 4.78 is 17.2. The summed E-state index contributed by atoms with van der Waals surface area (Å²) in [6, 6.07) is 0. The third-order valence-electron chi connectivity index (χ3n) is 8.90. The standard InChI is InChI=1S/C49H82O5/c1-4-7-10-13-16-19-22-23-24-25-26-29-32-35-38-41-44-52-45-47(54-49(51)43-40-37-34-31-28-21-18-15-12-9-6-3)46-53-48(50)42-39-36-33-30-27-20-17-14-11-8-5-2/h7,10,14-19,23-24,26,29,35,38,47H,4-6,8-9,11-13,20-22,25,27-28,30-34,36-37,39-46H2,1-3H3/b10-7-,17-14-,18-15-,19-16-,24-23-,29-26-,38-35-. The van der Waals surface area contributed by atoms with Crippen molar-refractivity contribution in [1.82, 2.24) is 0 Å². The molecule has 0 amide bonds. The number of allylic oxidation sites excluding steroid dienone is 13. The van der Waals surface area contributed by atoms with E-state index in [1.807, 2.05) is 0 Å². The van der Waals surface area contributed by atoms with Crippen LogP contribution < -0.4 is 0 Å². The van der Waals surface area contributed by atoms with E-state index in [1.54, 1.807) is 0 Å². The van der Waals surface area contributed by atoms with Crippen LogP contribution in [-0.4, -0.2) is 37.9 Å². The molecule has 0 saturated carbocycles. The van der Waals surface area contributed by atoms with Crippen molar-refractivity contribution in [3.05, 3.63) is 85.1 Å². The zero-order chi connectivity index (χ0) is 39.3. The van der Waals surface area contributed by atoms with Crippen molar-refractivity contribution >= 4 is 11.9 Å². The lowest BCUT2D eigenvalue weighted by molar-refractivity contribution is -0.162. The van der Waals surface area contributed by atoms with Crippen LogP contribution in [0.5, 0.6) is 0 Å². The largest absolute Gasteiger partial charge is 0.462 e. The van der Waals surface area contributed by atoms with E-state index in [2.05, 4.69) is 106 Å². The molecule has 5 heteroatoms. The molecule has 0 aromatic heterocycles. The van der Waals surface area contributed by atoms with E-state index < -0.39 is 6.10 Å². The maximum Gasteiger partial charge on any atom is 0.306 e. The van der Waals surface area contributed by atoms with Gasteiger partial charge in [0.15, 0.2) is 6.10 Å². The van der Waals surface area contributed by atoms with E-state index in [-0.39, 0.29) is 25.2 Å². The first-order valence-corrected chi connectivity index (χ1v) is 22.1. The summed E-state index contributed by atoms with van der Waals surface area (Å²) >= 11 is 0. The molecule has 308 valence electrons. The van der Waals surface area contributed by atoms with Gasteiger partial charge < -0.3 is 14.2 Å². The Hall–Kier alpha value is -2.92. The van der Waals surface area contributed by atoms with Crippen LogP contribution in [0.4, 0.5) is 0 Å². The van der Waals surface area contributed by atoms with Gasteiger partial charge in [-0.3, -0.25) is 9.59 Å². The summed E-state index contributed by atoms with van der Waals surface area (Å²) in [5.74, 6) is -0.467. The van der Waals surface area contributed by atoms with E-state index in [0.29, 0.717) is 19.4 Å². The molecule has 0 spiro atoms. The van der Waals surface area contributed by atoms with Gasteiger partial charge >= 0.3 is 11.9 Å². The van der Waals surface area contributed by atoms with Crippen molar-refractivity contribution < 1.29 is 23.8 Å². The highest BCUT2D eigenvalue weighted by Crippen LogP contribution is 2.12. The molecule has 0 aliphatic heterocycles. The van der Waals surface area contributed by atoms with Gasteiger partial charge in [0.05, 0.1) is 13.2 Å². The first-order chi connectivity index (χ1) is 26.6. The number of carbonyl (C=O) groups is 2. The summed E-state index contributed by atoms with van der Waals surface area (Å²) in [6.45, 7) is 7.39. The van der Waals surface area contributed by atoms with Crippen LogP contribution in [0.2, 0.25) is 0 Å². The Morgan fingerprint density at radius 2 is 0.833 bits per heavy atom. The molecule has 5 nitrogen and oxygen atoms in total. The van der Waals surface area contributed by atoms with Crippen molar-refractivity contribution in [2.24, 2.45) is 0 Å². The minimum atomic E-state index is -0.584. The predicted molar refractivity (Wildman–Crippen MR) is 233 cm³/mol. The maximum absolute atomic E-state index is 12.7. The lowest BCUT2D eigenvalue weighted by atomic mass is 10.1. The molecule has 0 saturated heterocycles. The van der Waals surface area contributed by atoms with Crippen LogP contribution in [-0.2, 0) is 23.8 Å². The summed E-state index contributed by atoms with van der Waals surface area (Å²) in [5, 5.41) is 0. The van der Waals surface area contributed by atoms with Gasteiger partial charge in [-0.05, 0) is 89.9 Å². The molecule has 0 aliphatic rings. The Balaban J connectivity index is 4.41. The Kier molecular flexibility index (Phi) is 42.1. The Bertz CT molecular complexity index is 1030. The zero-order valence-corrected chi connectivity index (χ0v) is 35.2. The highest BCUT2D eigenvalue weighted by Gasteiger charge is 2.17. The zero-order valence-electron chi connectivity index (χ0n) is 35.2. The summed E-state index contributed by atoms with van der Waals surface area (Å²) in [5.41, 5.74) is 0. The SMILES string of the molecule is CC/C=C\C/C=C\C/C=C\C/C=C\C/C=C\CCOCC(COC(=O)CCCCCCC/C=C\CCCC)OC(=O)CCCCCCC/C=C\CCCC. The second-order valence-electron chi connectivity index (χ2n) is 14.2. The van der Waals surface area contributed by atoms with Crippen molar-refractivity contribution in [1.29, 1.82) is 0 Å². The molecule has 0 rings (SSSR count). The van der Waals surface area contributed by atoms with Gasteiger partial charge in [-0.1, -0.05) is 170 Å². The number of ether oxygens (including phenoxy) is 3. The average molecular weight is 751 g/mol. The first-order valence-electron chi connectivity index (χ1n) is 22.1. The molecule has 0 heterocycles. The number of unbranched alkanes of at least 4 members (excludes halogenated alkanes) is 14. The molecular weight excluding hydrogens is 669 g/mol. The molecule has 0 aliphatic carbocycles. The van der Waals surface area contributed by atoms with Crippen LogP contribution in [0.3, 0.4) is 0 Å². The fraction of sp³-hybridized carbons (Fsp3) is 0.673. The normalized spacial score (nSPS) is 13.0. The minimum Gasteiger partial charge on any atom is -0.462 e. The van der Waals surface area contributed by atoms with Crippen molar-refractivity contribution in [2.75, 3.05) is 19.8 Å². The maximum atomic E-state index is 12.7. The second kappa shape index (κ2) is 44.5. The Morgan fingerprint density at radius 3 is 1.33 bits per heavy atom. The average Bonchev–Trinajstić information content (AvgIpc) is 3.17. The van der Waals surface area contributed by atoms with Gasteiger partial charge in [0, 0.05) is 12.8 Å². The number of hydrogen-bond acceptors (Lipinski definition) is 5. The molecule has 54 heavy (non-hydrogen) atoms. The van der Waals surface area contributed by atoms with Crippen LogP contribution in [0, 0.1) is 0 Å². The van der Waals surface area contributed by atoms with Crippen LogP contribution in [0.1, 0.15) is 188 Å². The number of hydrogen-bond donors (Lipinski definition) is 0. The van der Waals surface area contributed by atoms with Crippen LogP contribution >= 0.6 is 0 Å². The number of rotatable bonds is 39. The summed E-state index contributed by atoms with van der Waals surface area (Å²) in [4.78, 5) is 25.2. The highest BCUT2D eigenvalue weighted by molar-refractivity contribution is 5.70. The predicted octanol–water partition coefficient (Wildman–Crippen LogP) is 14.6.